The van der Waals surface area contributed by atoms with Gasteiger partial charge in [0.05, 0.1) is 0 Å². The van der Waals surface area contributed by atoms with Crippen LogP contribution in [0.25, 0.3) is 0 Å². The Morgan fingerprint density at radius 1 is 0.812 bits per heavy atom. The Hall–Kier alpha value is -2.42. The van der Waals surface area contributed by atoms with Gasteiger partial charge in [-0.3, -0.25) is 9.80 Å². The number of para-hydroxylation sites is 1. The number of carboxylic acid groups (broad SMARTS) is 2. The zero-order valence-corrected chi connectivity index (χ0v) is 19.7. The number of piperidine rings is 1. The van der Waals surface area contributed by atoms with E-state index in [4.69, 9.17) is 19.8 Å². The lowest BCUT2D eigenvalue weighted by Gasteiger charge is -2.43. The minimum absolute atomic E-state index is 0.767. The van der Waals surface area contributed by atoms with Gasteiger partial charge in [0.15, 0.2) is 0 Å². The Morgan fingerprint density at radius 3 is 1.94 bits per heavy atom. The van der Waals surface area contributed by atoms with Gasteiger partial charge in [0.2, 0.25) is 0 Å². The lowest BCUT2D eigenvalue weighted by molar-refractivity contribution is -0.159. The molecule has 0 aliphatic carbocycles. The Labute approximate surface area is 197 Å². The third-order valence-corrected chi connectivity index (χ3v) is 6.82. The van der Waals surface area contributed by atoms with Crippen LogP contribution in [0.5, 0.6) is 0 Å². The molecule has 2 aromatic carbocycles. The molecule has 2 aliphatic rings. The summed E-state index contributed by atoms with van der Waals surface area (Å²) in [6, 6.07) is 20.2. The maximum absolute atomic E-state index is 9.10. The summed E-state index contributed by atoms with van der Waals surface area (Å²) < 4.78 is 1.24. The van der Waals surface area contributed by atoms with Crippen LogP contribution >= 0.6 is 15.9 Å². The van der Waals surface area contributed by atoms with Gasteiger partial charge in [0, 0.05) is 48.9 Å². The number of likely N-dealkylation sites (tertiary alicyclic amines) is 1. The van der Waals surface area contributed by atoms with Crippen molar-refractivity contribution in [2.45, 2.75) is 25.4 Å². The van der Waals surface area contributed by atoms with Crippen LogP contribution in [0.15, 0.2) is 59.1 Å². The second kappa shape index (κ2) is 12.0. The van der Waals surface area contributed by atoms with Crippen molar-refractivity contribution in [1.82, 2.24) is 9.80 Å². The molecule has 0 saturated carbocycles. The van der Waals surface area contributed by atoms with Crippen LogP contribution in [0.1, 0.15) is 18.4 Å². The number of carbonyl (C=O) groups is 2. The van der Waals surface area contributed by atoms with Crippen LogP contribution in [0.2, 0.25) is 0 Å². The fraction of sp³-hybridized carbons (Fsp3) is 0.417. The van der Waals surface area contributed by atoms with Crippen molar-refractivity contribution in [3.8, 4) is 0 Å². The highest BCUT2D eigenvalue weighted by Gasteiger charge is 2.27. The molecule has 0 unspecified atom stereocenters. The summed E-state index contributed by atoms with van der Waals surface area (Å²) in [6.45, 7) is 8.20. The van der Waals surface area contributed by atoms with Gasteiger partial charge >= 0.3 is 11.9 Å². The van der Waals surface area contributed by atoms with Crippen molar-refractivity contribution in [2.24, 2.45) is 0 Å². The van der Waals surface area contributed by atoms with E-state index in [9.17, 15) is 0 Å². The lowest BCUT2D eigenvalue weighted by Crippen LogP contribution is -2.53. The Kier molecular flexibility index (Phi) is 9.08. The maximum Gasteiger partial charge on any atom is 0.414 e. The number of carboxylic acids is 2. The standard InChI is InChI=1S/C22H28BrN3.C2H2O4/c23-22-9-5-4-6-19(22)18-24-12-10-21(11-13-24)26-16-14-25(15-17-26)20-7-2-1-3-8-20;3-1(4)2(5)6/h1-9,21H,10-18H2;(H,3,4)(H,5,6). The molecule has 2 heterocycles. The molecular weight excluding hydrogens is 474 g/mol. The molecule has 0 bridgehead atoms. The summed E-state index contributed by atoms with van der Waals surface area (Å²) in [5, 5.41) is 14.8. The van der Waals surface area contributed by atoms with E-state index < -0.39 is 11.9 Å². The number of aliphatic carboxylic acids is 2. The molecule has 7 nitrogen and oxygen atoms in total. The molecule has 0 spiro atoms. The van der Waals surface area contributed by atoms with Crippen LogP contribution < -0.4 is 4.90 Å². The number of piperazine rings is 1. The Balaban J connectivity index is 0.000000427. The van der Waals surface area contributed by atoms with Gasteiger partial charge < -0.3 is 15.1 Å². The van der Waals surface area contributed by atoms with Crippen LogP contribution in [-0.2, 0) is 16.1 Å². The van der Waals surface area contributed by atoms with Gasteiger partial charge in [-0.15, -0.1) is 0 Å². The van der Waals surface area contributed by atoms with E-state index in [1.54, 1.807) is 0 Å². The zero-order valence-electron chi connectivity index (χ0n) is 18.1. The first-order valence-electron chi connectivity index (χ1n) is 10.9. The van der Waals surface area contributed by atoms with E-state index >= 15 is 0 Å². The highest BCUT2D eigenvalue weighted by molar-refractivity contribution is 9.10. The van der Waals surface area contributed by atoms with E-state index in [2.05, 4.69) is 85.2 Å². The summed E-state index contributed by atoms with van der Waals surface area (Å²) in [7, 11) is 0. The van der Waals surface area contributed by atoms with Crippen molar-refractivity contribution < 1.29 is 19.8 Å². The fourth-order valence-corrected chi connectivity index (χ4v) is 4.70. The monoisotopic (exact) mass is 503 g/mol. The number of anilines is 1. The first kappa shape index (κ1) is 24.2. The average Bonchev–Trinajstić information content (AvgIpc) is 2.82. The normalized spacial score (nSPS) is 18.0. The van der Waals surface area contributed by atoms with E-state index in [1.165, 1.54) is 54.7 Å². The van der Waals surface area contributed by atoms with Gasteiger partial charge in [0.1, 0.15) is 0 Å². The van der Waals surface area contributed by atoms with E-state index in [-0.39, 0.29) is 0 Å². The van der Waals surface area contributed by atoms with E-state index in [0.29, 0.717) is 0 Å². The largest absolute Gasteiger partial charge is 0.473 e. The van der Waals surface area contributed by atoms with Gasteiger partial charge in [0.25, 0.3) is 0 Å². The molecule has 0 radical (unpaired) electrons. The first-order valence-corrected chi connectivity index (χ1v) is 11.7. The first-order chi connectivity index (χ1) is 15.4. The lowest BCUT2D eigenvalue weighted by atomic mass is 10.0. The minimum atomic E-state index is -1.82. The van der Waals surface area contributed by atoms with E-state index in [0.717, 1.165) is 25.7 Å². The van der Waals surface area contributed by atoms with Crippen LogP contribution in [0.3, 0.4) is 0 Å². The third kappa shape index (κ3) is 7.05. The second-order valence-electron chi connectivity index (χ2n) is 8.07. The smallest absolute Gasteiger partial charge is 0.414 e. The SMILES string of the molecule is Brc1ccccc1CN1CCC(N2CCN(c3ccccc3)CC2)CC1.O=C(O)C(=O)O. The molecule has 2 saturated heterocycles. The van der Waals surface area contributed by atoms with Gasteiger partial charge in [-0.2, -0.15) is 0 Å². The van der Waals surface area contributed by atoms with Crippen LogP contribution in [0, 0.1) is 0 Å². The zero-order chi connectivity index (χ0) is 22.9. The highest BCUT2D eigenvalue weighted by Crippen LogP contribution is 2.24. The predicted molar refractivity (Wildman–Crippen MR) is 128 cm³/mol. The third-order valence-electron chi connectivity index (χ3n) is 6.04. The Bertz CT molecular complexity index is 868. The predicted octanol–water partition coefficient (Wildman–Crippen LogP) is 3.39. The summed E-state index contributed by atoms with van der Waals surface area (Å²) in [6.07, 6.45) is 2.60. The van der Waals surface area contributed by atoms with Crippen molar-refractivity contribution in [3.63, 3.8) is 0 Å². The number of rotatable bonds is 4. The molecule has 32 heavy (non-hydrogen) atoms. The minimum Gasteiger partial charge on any atom is -0.473 e. The summed E-state index contributed by atoms with van der Waals surface area (Å²) >= 11 is 3.68. The van der Waals surface area contributed by atoms with Crippen LogP contribution in [-0.4, -0.2) is 77.3 Å². The number of nitrogens with zero attached hydrogens (tertiary/aromatic N) is 3. The number of hydrogen-bond donors (Lipinski definition) is 2. The van der Waals surface area contributed by atoms with Crippen molar-refractivity contribution in [3.05, 3.63) is 64.6 Å². The average molecular weight is 504 g/mol. The van der Waals surface area contributed by atoms with Crippen LogP contribution in [0.4, 0.5) is 5.69 Å². The van der Waals surface area contributed by atoms with Crippen molar-refractivity contribution in [2.75, 3.05) is 44.2 Å². The molecule has 4 rings (SSSR count). The topological polar surface area (TPSA) is 84.3 Å². The van der Waals surface area contributed by atoms with Crippen molar-refractivity contribution >= 4 is 33.6 Å². The summed E-state index contributed by atoms with van der Waals surface area (Å²) in [5.74, 6) is -3.65. The molecule has 2 aliphatic heterocycles. The van der Waals surface area contributed by atoms with Gasteiger partial charge in [-0.25, -0.2) is 9.59 Å². The molecular formula is C24H30BrN3O4. The summed E-state index contributed by atoms with van der Waals surface area (Å²) in [4.78, 5) is 26.1. The maximum atomic E-state index is 9.10. The van der Waals surface area contributed by atoms with E-state index in [1.807, 2.05) is 0 Å². The van der Waals surface area contributed by atoms with Crippen molar-refractivity contribution in [1.29, 1.82) is 0 Å². The Morgan fingerprint density at radius 2 is 1.38 bits per heavy atom. The molecule has 2 fully saturated rings. The highest BCUT2D eigenvalue weighted by atomic mass is 79.9. The fourth-order valence-electron chi connectivity index (χ4n) is 4.29. The quantitative estimate of drug-likeness (QED) is 0.618. The molecule has 0 amide bonds. The molecule has 8 heteroatoms. The molecule has 0 atom stereocenters. The molecule has 0 aromatic heterocycles. The summed E-state index contributed by atoms with van der Waals surface area (Å²) in [5.41, 5.74) is 2.78. The van der Waals surface area contributed by atoms with Gasteiger partial charge in [-0.1, -0.05) is 52.3 Å². The second-order valence-corrected chi connectivity index (χ2v) is 8.92. The number of benzene rings is 2. The molecule has 2 N–H and O–H groups in total. The molecule has 2 aromatic rings. The molecule has 172 valence electrons. The van der Waals surface area contributed by atoms with Gasteiger partial charge in [-0.05, 0) is 49.7 Å². The number of hydrogen-bond acceptors (Lipinski definition) is 5. The number of halogens is 1.